The summed E-state index contributed by atoms with van der Waals surface area (Å²) in [7, 11) is 0. The van der Waals surface area contributed by atoms with Gasteiger partial charge in [-0.15, -0.1) is 0 Å². The summed E-state index contributed by atoms with van der Waals surface area (Å²) in [4.78, 5) is 24.4. The summed E-state index contributed by atoms with van der Waals surface area (Å²) in [5, 5.41) is 15.5. The van der Waals surface area contributed by atoms with Crippen molar-refractivity contribution in [2.45, 2.75) is 38.5 Å². The molecule has 8 heteroatoms. The van der Waals surface area contributed by atoms with Crippen LogP contribution in [-0.2, 0) is 22.5 Å². The second-order valence-corrected chi connectivity index (χ2v) is 7.80. The van der Waals surface area contributed by atoms with E-state index in [2.05, 4.69) is 16.7 Å². The zero-order valence-corrected chi connectivity index (χ0v) is 18.0. The van der Waals surface area contributed by atoms with Crippen LogP contribution < -0.4 is 16.4 Å². The fourth-order valence-corrected chi connectivity index (χ4v) is 3.89. The Labute approximate surface area is 185 Å². The van der Waals surface area contributed by atoms with Gasteiger partial charge in [0.1, 0.15) is 12.1 Å². The van der Waals surface area contributed by atoms with Gasteiger partial charge in [-0.25, -0.2) is 4.79 Å². The lowest BCUT2D eigenvalue weighted by molar-refractivity contribution is -0.132. The zero-order valence-electron chi connectivity index (χ0n) is 18.0. The lowest BCUT2D eigenvalue weighted by Gasteiger charge is -2.18. The van der Waals surface area contributed by atoms with Crippen LogP contribution in [-0.4, -0.2) is 42.3 Å². The van der Waals surface area contributed by atoms with Crippen LogP contribution in [0.3, 0.4) is 0 Å². The first-order chi connectivity index (χ1) is 15.6. The van der Waals surface area contributed by atoms with E-state index in [1.54, 1.807) is 10.6 Å². The SMILES string of the molecule is CCn1c(=O)oc2ccc(-c3ccc(C[C@@H](C#N)NC(=O)[C@@H]4CNCCCO4)cc3)cc21. The molecular formula is C24H26N4O4. The summed E-state index contributed by atoms with van der Waals surface area (Å²) < 4.78 is 12.4. The summed E-state index contributed by atoms with van der Waals surface area (Å²) in [5.41, 5.74) is 4.23. The minimum atomic E-state index is -0.638. The van der Waals surface area contributed by atoms with E-state index in [1.165, 1.54) is 0 Å². The Balaban J connectivity index is 1.45. The molecule has 2 atom stereocenters. The third-order valence-corrected chi connectivity index (χ3v) is 5.62. The van der Waals surface area contributed by atoms with E-state index in [-0.39, 0.29) is 11.7 Å². The van der Waals surface area contributed by atoms with Crippen LogP contribution in [0.25, 0.3) is 22.2 Å². The first kappa shape index (κ1) is 21.8. The molecule has 0 spiro atoms. The minimum absolute atomic E-state index is 0.266. The van der Waals surface area contributed by atoms with Crippen LogP contribution in [0.4, 0.5) is 0 Å². The van der Waals surface area contributed by atoms with Crippen molar-refractivity contribution in [3.05, 3.63) is 58.6 Å². The number of nitrogens with zero attached hydrogens (tertiary/aromatic N) is 2. The molecule has 8 nitrogen and oxygen atoms in total. The fourth-order valence-electron chi connectivity index (χ4n) is 3.89. The quantitative estimate of drug-likeness (QED) is 0.616. The molecule has 4 rings (SSSR count). The highest BCUT2D eigenvalue weighted by molar-refractivity contribution is 5.82. The number of carbonyl (C=O) groups excluding carboxylic acids is 1. The van der Waals surface area contributed by atoms with Crippen molar-refractivity contribution in [1.82, 2.24) is 15.2 Å². The molecule has 2 heterocycles. The Morgan fingerprint density at radius 1 is 1.28 bits per heavy atom. The number of nitrogens with one attached hydrogen (secondary N) is 2. The second kappa shape index (κ2) is 9.81. The molecule has 0 saturated carbocycles. The molecule has 1 saturated heterocycles. The van der Waals surface area contributed by atoms with Gasteiger partial charge in [-0.05, 0) is 48.7 Å². The van der Waals surface area contributed by atoms with Crippen LogP contribution >= 0.6 is 0 Å². The van der Waals surface area contributed by atoms with E-state index >= 15 is 0 Å². The van der Waals surface area contributed by atoms with Crippen LogP contribution in [0, 0.1) is 11.3 Å². The maximum absolute atomic E-state index is 12.5. The molecular weight excluding hydrogens is 408 g/mol. The number of rotatable bonds is 6. The summed E-state index contributed by atoms with van der Waals surface area (Å²) in [6.07, 6.45) is 0.690. The third-order valence-electron chi connectivity index (χ3n) is 5.62. The highest BCUT2D eigenvalue weighted by atomic mass is 16.5. The monoisotopic (exact) mass is 434 g/mol. The molecule has 0 bridgehead atoms. The Morgan fingerprint density at radius 2 is 2.06 bits per heavy atom. The van der Waals surface area contributed by atoms with Gasteiger partial charge in [0.15, 0.2) is 5.58 Å². The molecule has 3 aromatic rings. The molecule has 1 aliphatic rings. The first-order valence-corrected chi connectivity index (χ1v) is 10.8. The van der Waals surface area contributed by atoms with Gasteiger partial charge in [0.2, 0.25) is 0 Å². The molecule has 1 aromatic heterocycles. The highest BCUT2D eigenvalue weighted by Gasteiger charge is 2.23. The topological polar surface area (TPSA) is 109 Å². The molecule has 2 N–H and O–H groups in total. The molecule has 1 amide bonds. The van der Waals surface area contributed by atoms with E-state index < -0.39 is 12.1 Å². The van der Waals surface area contributed by atoms with Crippen LogP contribution in [0.1, 0.15) is 18.9 Å². The molecule has 1 fully saturated rings. The van der Waals surface area contributed by atoms with Crippen molar-refractivity contribution in [1.29, 1.82) is 5.26 Å². The van der Waals surface area contributed by atoms with Crippen LogP contribution in [0.2, 0.25) is 0 Å². The van der Waals surface area contributed by atoms with Crippen molar-refractivity contribution in [3.8, 4) is 17.2 Å². The third kappa shape index (κ3) is 4.74. The van der Waals surface area contributed by atoms with E-state index in [0.29, 0.717) is 31.7 Å². The maximum atomic E-state index is 12.5. The lowest BCUT2D eigenvalue weighted by Crippen LogP contribution is -2.46. The maximum Gasteiger partial charge on any atom is 0.419 e. The van der Waals surface area contributed by atoms with E-state index in [9.17, 15) is 14.9 Å². The van der Waals surface area contributed by atoms with Gasteiger partial charge in [0, 0.05) is 26.1 Å². The number of oxazole rings is 1. The number of hydrogen-bond donors (Lipinski definition) is 2. The van der Waals surface area contributed by atoms with E-state index in [4.69, 9.17) is 9.15 Å². The van der Waals surface area contributed by atoms with Gasteiger partial charge >= 0.3 is 5.76 Å². The number of fused-ring (bicyclic) bond motifs is 1. The Morgan fingerprint density at radius 3 is 2.81 bits per heavy atom. The van der Waals surface area contributed by atoms with Gasteiger partial charge in [-0.3, -0.25) is 9.36 Å². The second-order valence-electron chi connectivity index (χ2n) is 7.80. The largest absolute Gasteiger partial charge is 0.419 e. The van der Waals surface area contributed by atoms with Gasteiger partial charge in [-0.2, -0.15) is 5.26 Å². The average Bonchev–Trinajstić information content (AvgIpc) is 2.96. The molecule has 166 valence electrons. The van der Waals surface area contributed by atoms with E-state index in [0.717, 1.165) is 35.2 Å². The summed E-state index contributed by atoms with van der Waals surface area (Å²) in [5.74, 6) is -0.623. The smallest absolute Gasteiger partial charge is 0.408 e. The normalized spacial score (nSPS) is 17.4. The number of carbonyl (C=O) groups is 1. The number of aryl methyl sites for hydroxylation is 1. The molecule has 2 aromatic carbocycles. The van der Waals surface area contributed by atoms with Gasteiger partial charge < -0.3 is 19.8 Å². The number of aromatic nitrogens is 1. The first-order valence-electron chi connectivity index (χ1n) is 10.8. The zero-order chi connectivity index (χ0) is 22.5. The highest BCUT2D eigenvalue weighted by Crippen LogP contribution is 2.25. The number of nitriles is 1. The van der Waals surface area contributed by atoms with Gasteiger partial charge in [0.25, 0.3) is 5.91 Å². The van der Waals surface area contributed by atoms with Crippen LogP contribution in [0.5, 0.6) is 0 Å². The fraction of sp³-hybridized carbons (Fsp3) is 0.375. The number of amides is 1. The van der Waals surface area contributed by atoms with Crippen molar-refractivity contribution < 1.29 is 13.9 Å². The van der Waals surface area contributed by atoms with Crippen molar-refractivity contribution in [2.75, 3.05) is 19.7 Å². The predicted molar refractivity (Wildman–Crippen MR) is 120 cm³/mol. The number of benzene rings is 2. The van der Waals surface area contributed by atoms with Crippen molar-refractivity contribution in [3.63, 3.8) is 0 Å². The molecule has 0 aliphatic carbocycles. The summed E-state index contributed by atoms with van der Waals surface area (Å²) in [6.45, 7) is 4.24. The average molecular weight is 434 g/mol. The van der Waals surface area contributed by atoms with Crippen molar-refractivity contribution in [2.24, 2.45) is 0 Å². The number of ether oxygens (including phenoxy) is 1. The summed E-state index contributed by atoms with van der Waals surface area (Å²) in [6, 6.07) is 15.0. The van der Waals surface area contributed by atoms with Crippen LogP contribution in [0.15, 0.2) is 51.7 Å². The van der Waals surface area contributed by atoms with Gasteiger partial charge in [0.05, 0.1) is 11.6 Å². The van der Waals surface area contributed by atoms with Gasteiger partial charge in [-0.1, -0.05) is 30.3 Å². The number of hydrogen-bond acceptors (Lipinski definition) is 6. The molecule has 1 aliphatic heterocycles. The van der Waals surface area contributed by atoms with E-state index in [1.807, 2.05) is 43.3 Å². The standard InChI is InChI=1S/C24H26N4O4/c1-2-28-20-13-18(8-9-21(20)32-24(28)30)17-6-4-16(5-7-17)12-19(14-25)27-23(29)22-15-26-10-3-11-31-22/h4-9,13,19,22,26H,2-3,10-12,15H2,1H3,(H,27,29)/t19-,22-/m0/s1. The Hall–Kier alpha value is -3.41. The Bertz CT molecular complexity index is 1180. The molecule has 0 radical (unpaired) electrons. The Kier molecular flexibility index (Phi) is 6.69. The molecule has 0 unspecified atom stereocenters. The molecule has 32 heavy (non-hydrogen) atoms. The van der Waals surface area contributed by atoms with Crippen molar-refractivity contribution >= 4 is 17.0 Å². The predicted octanol–water partition coefficient (Wildman–Crippen LogP) is 2.21. The lowest BCUT2D eigenvalue weighted by atomic mass is 10.0. The summed E-state index contributed by atoms with van der Waals surface area (Å²) >= 11 is 0. The minimum Gasteiger partial charge on any atom is -0.408 e.